The fourth-order valence-corrected chi connectivity index (χ4v) is 3.39. The molecular weight excluding hydrogens is 358 g/mol. The molecule has 2 amide bonds. The van der Waals surface area contributed by atoms with Crippen LogP contribution in [0, 0.1) is 11.6 Å². The number of carbonyl (C=O) groups excluding carboxylic acids is 3. The Bertz CT molecular complexity index is 962. The monoisotopic (exact) mass is 372 g/mol. The first-order valence-electron chi connectivity index (χ1n) is 8.32. The Hall–Kier alpha value is -3.29. The number of benzene rings is 2. The van der Waals surface area contributed by atoms with Gasteiger partial charge >= 0.3 is 5.97 Å². The van der Waals surface area contributed by atoms with E-state index in [1.54, 1.807) is 24.3 Å². The Balaban J connectivity index is 1.60. The highest BCUT2D eigenvalue weighted by atomic mass is 19.1. The average Bonchev–Trinajstić information content (AvgIpc) is 3.18. The lowest BCUT2D eigenvalue weighted by molar-refractivity contribution is -0.144. The number of hydrogen-bond donors (Lipinski definition) is 1. The van der Waals surface area contributed by atoms with Crippen LogP contribution >= 0.6 is 0 Å². The van der Waals surface area contributed by atoms with E-state index in [0.29, 0.717) is 17.2 Å². The zero-order valence-electron chi connectivity index (χ0n) is 13.9. The molecule has 2 atom stereocenters. The molecule has 2 aromatic rings. The first-order valence-corrected chi connectivity index (χ1v) is 8.32. The van der Waals surface area contributed by atoms with Crippen LogP contribution in [0.2, 0.25) is 0 Å². The molecule has 2 heterocycles. The number of nitrogens with one attached hydrogen (secondary N) is 1. The summed E-state index contributed by atoms with van der Waals surface area (Å²) in [4.78, 5) is 38.3. The first kappa shape index (κ1) is 17.1. The van der Waals surface area contributed by atoms with Gasteiger partial charge in [-0.25, -0.2) is 13.6 Å². The van der Waals surface area contributed by atoms with E-state index in [2.05, 4.69) is 5.32 Å². The molecule has 2 aromatic carbocycles. The van der Waals surface area contributed by atoms with Gasteiger partial charge < -0.3 is 10.1 Å². The van der Waals surface area contributed by atoms with E-state index in [9.17, 15) is 23.2 Å². The fraction of sp³-hybridized carbons (Fsp3) is 0.211. The quantitative estimate of drug-likeness (QED) is 0.841. The summed E-state index contributed by atoms with van der Waals surface area (Å²) in [5, 5.41) is 2.37. The lowest BCUT2D eigenvalue weighted by Gasteiger charge is -2.29. The van der Waals surface area contributed by atoms with Crippen molar-refractivity contribution in [3.8, 4) is 0 Å². The van der Waals surface area contributed by atoms with Crippen molar-refractivity contribution in [1.82, 2.24) is 4.90 Å². The average molecular weight is 372 g/mol. The molecule has 0 saturated carbocycles. The predicted octanol–water partition coefficient (Wildman–Crippen LogP) is 2.76. The van der Waals surface area contributed by atoms with Crippen LogP contribution in [0.3, 0.4) is 0 Å². The topological polar surface area (TPSA) is 75.7 Å². The van der Waals surface area contributed by atoms with Crippen molar-refractivity contribution >= 4 is 23.5 Å². The molecule has 1 N–H and O–H groups in total. The molecular formula is C19H14F2N2O4. The van der Waals surface area contributed by atoms with Gasteiger partial charge in [0.05, 0.1) is 11.3 Å². The summed E-state index contributed by atoms with van der Waals surface area (Å²) in [6.45, 7) is 0. The van der Waals surface area contributed by atoms with Crippen LogP contribution in [0.15, 0.2) is 42.5 Å². The van der Waals surface area contributed by atoms with Gasteiger partial charge in [0.25, 0.3) is 0 Å². The largest absolute Gasteiger partial charge is 0.433 e. The molecule has 0 radical (unpaired) electrons. The van der Waals surface area contributed by atoms with Crippen molar-refractivity contribution < 1.29 is 27.9 Å². The third kappa shape index (κ3) is 2.92. The number of nitrogens with zero attached hydrogens (tertiary/aromatic N) is 1. The maximum absolute atomic E-state index is 13.8. The number of esters is 1. The molecule has 0 unspecified atom stereocenters. The molecule has 0 spiro atoms. The molecule has 4 rings (SSSR count). The van der Waals surface area contributed by atoms with Crippen molar-refractivity contribution in [3.63, 3.8) is 0 Å². The van der Waals surface area contributed by atoms with E-state index in [4.69, 9.17) is 4.74 Å². The van der Waals surface area contributed by atoms with Gasteiger partial charge in [0.15, 0.2) is 0 Å². The van der Waals surface area contributed by atoms with Crippen LogP contribution in [-0.2, 0) is 14.3 Å². The zero-order valence-corrected chi connectivity index (χ0v) is 13.9. The van der Waals surface area contributed by atoms with Crippen molar-refractivity contribution in [1.29, 1.82) is 0 Å². The van der Waals surface area contributed by atoms with Crippen molar-refractivity contribution in [2.45, 2.75) is 25.1 Å². The molecule has 2 aliphatic rings. The smallest absolute Gasteiger partial charge is 0.340 e. The summed E-state index contributed by atoms with van der Waals surface area (Å²) in [6.07, 6.45) is -0.707. The van der Waals surface area contributed by atoms with Gasteiger partial charge in [-0.15, -0.1) is 0 Å². The van der Waals surface area contributed by atoms with Gasteiger partial charge in [0.2, 0.25) is 18.0 Å². The van der Waals surface area contributed by atoms with Gasteiger partial charge in [-0.3, -0.25) is 14.5 Å². The highest BCUT2D eigenvalue weighted by Gasteiger charge is 2.46. The number of cyclic esters (lactones) is 1. The van der Waals surface area contributed by atoms with E-state index in [-0.39, 0.29) is 24.4 Å². The second-order valence-electron chi connectivity index (χ2n) is 6.31. The molecule has 8 heteroatoms. The Morgan fingerprint density at radius 3 is 2.70 bits per heavy atom. The number of amides is 2. The van der Waals surface area contributed by atoms with Crippen LogP contribution in [0.1, 0.15) is 35.0 Å². The third-order valence-corrected chi connectivity index (χ3v) is 4.67. The third-order valence-electron chi connectivity index (χ3n) is 4.67. The zero-order chi connectivity index (χ0) is 19.1. The minimum Gasteiger partial charge on any atom is -0.433 e. The number of carbonyl (C=O) groups is 3. The Morgan fingerprint density at radius 2 is 1.93 bits per heavy atom. The minimum absolute atomic E-state index is 0.0974. The van der Waals surface area contributed by atoms with Crippen molar-refractivity contribution in [2.75, 3.05) is 5.32 Å². The molecule has 27 heavy (non-hydrogen) atoms. The summed E-state index contributed by atoms with van der Waals surface area (Å²) >= 11 is 0. The Kier molecular flexibility index (Phi) is 4.10. The normalized spacial score (nSPS) is 21.2. The van der Waals surface area contributed by atoms with Crippen molar-refractivity contribution in [3.05, 3.63) is 65.2 Å². The van der Waals surface area contributed by atoms with Gasteiger partial charge in [-0.05, 0) is 24.6 Å². The van der Waals surface area contributed by atoms with Gasteiger partial charge in [-0.1, -0.05) is 18.2 Å². The standard InChI is InChI=1S/C19H14F2N2O4/c20-10-5-6-14(13(21)9-10)22-17(25)15-7-8-16(24)23(15)18-11-3-1-2-4-12(11)19(26)27-18/h1-6,9,15,18H,7-8H2,(H,22,25)/t15-,18-/m0/s1. The molecule has 1 fully saturated rings. The Labute approximate surface area is 152 Å². The molecule has 138 valence electrons. The van der Waals surface area contributed by atoms with E-state index in [1.165, 1.54) is 4.90 Å². The number of hydrogen-bond acceptors (Lipinski definition) is 4. The van der Waals surface area contributed by atoms with Crippen LogP contribution in [0.4, 0.5) is 14.5 Å². The second-order valence-corrected chi connectivity index (χ2v) is 6.31. The number of likely N-dealkylation sites (tertiary alicyclic amines) is 1. The lowest BCUT2D eigenvalue weighted by Crippen LogP contribution is -2.44. The van der Waals surface area contributed by atoms with Crippen molar-refractivity contribution in [2.24, 2.45) is 0 Å². The maximum atomic E-state index is 13.8. The number of rotatable bonds is 3. The predicted molar refractivity (Wildman–Crippen MR) is 89.5 cm³/mol. The summed E-state index contributed by atoms with van der Waals surface area (Å²) < 4.78 is 32.2. The lowest BCUT2D eigenvalue weighted by atomic mass is 10.1. The van der Waals surface area contributed by atoms with Crippen LogP contribution in [-0.4, -0.2) is 28.7 Å². The van der Waals surface area contributed by atoms with E-state index in [0.717, 1.165) is 12.1 Å². The SMILES string of the molecule is O=C1O[C@H](N2C(=O)CC[C@H]2C(=O)Nc2ccc(F)cc2F)c2ccccc21. The fourth-order valence-electron chi connectivity index (χ4n) is 3.39. The molecule has 6 nitrogen and oxygen atoms in total. The summed E-state index contributed by atoms with van der Waals surface area (Å²) in [5.41, 5.74) is 0.652. The molecule has 2 aliphatic heterocycles. The number of halogens is 2. The minimum atomic E-state index is -1.00. The van der Waals surface area contributed by atoms with E-state index in [1.807, 2.05) is 0 Å². The number of fused-ring (bicyclic) bond motifs is 1. The van der Waals surface area contributed by atoms with E-state index < -0.39 is 35.8 Å². The second kappa shape index (κ2) is 6.46. The van der Waals surface area contributed by atoms with Gasteiger partial charge in [-0.2, -0.15) is 0 Å². The maximum Gasteiger partial charge on any atom is 0.340 e. The first-order chi connectivity index (χ1) is 13.0. The van der Waals surface area contributed by atoms with E-state index >= 15 is 0 Å². The van der Waals surface area contributed by atoms with Gasteiger partial charge in [0, 0.05) is 18.1 Å². The summed E-state index contributed by atoms with van der Waals surface area (Å²) in [5.74, 6) is -3.23. The molecule has 0 bridgehead atoms. The van der Waals surface area contributed by atoms with Crippen LogP contribution in [0.25, 0.3) is 0 Å². The summed E-state index contributed by atoms with van der Waals surface area (Å²) in [6, 6.07) is 8.47. The Morgan fingerprint density at radius 1 is 1.15 bits per heavy atom. The highest BCUT2D eigenvalue weighted by Crippen LogP contribution is 2.38. The van der Waals surface area contributed by atoms with Crippen LogP contribution in [0.5, 0.6) is 0 Å². The summed E-state index contributed by atoms with van der Waals surface area (Å²) in [7, 11) is 0. The molecule has 1 saturated heterocycles. The number of ether oxygens (including phenoxy) is 1. The highest BCUT2D eigenvalue weighted by molar-refractivity contribution is 6.00. The molecule has 0 aliphatic carbocycles. The molecule has 0 aromatic heterocycles. The van der Waals surface area contributed by atoms with Crippen LogP contribution < -0.4 is 5.32 Å². The van der Waals surface area contributed by atoms with Gasteiger partial charge in [0.1, 0.15) is 17.7 Å². The number of anilines is 1.